The Morgan fingerprint density at radius 3 is 3.00 bits per heavy atom. The van der Waals surface area contributed by atoms with Crippen molar-refractivity contribution in [3.63, 3.8) is 0 Å². The molecular formula is C10H14ClNS2. The smallest absolute Gasteiger partial charge is 0.0931 e. The van der Waals surface area contributed by atoms with Gasteiger partial charge in [-0.3, -0.25) is 0 Å². The van der Waals surface area contributed by atoms with Crippen molar-refractivity contribution < 1.29 is 0 Å². The third kappa shape index (κ3) is 2.45. The van der Waals surface area contributed by atoms with Gasteiger partial charge < -0.3 is 5.32 Å². The van der Waals surface area contributed by atoms with Gasteiger partial charge in [0.25, 0.3) is 0 Å². The van der Waals surface area contributed by atoms with E-state index in [-0.39, 0.29) is 0 Å². The SMILES string of the molecule is CCC1CSCC(c2ccc(Cl)s2)N1. The van der Waals surface area contributed by atoms with Crippen LogP contribution in [0, 0.1) is 0 Å². The van der Waals surface area contributed by atoms with Crippen LogP contribution in [0.3, 0.4) is 0 Å². The average Bonchev–Trinajstić information content (AvgIpc) is 2.65. The van der Waals surface area contributed by atoms with Crippen LogP contribution in [0.15, 0.2) is 12.1 Å². The quantitative estimate of drug-likeness (QED) is 0.858. The van der Waals surface area contributed by atoms with Crippen molar-refractivity contribution in [2.45, 2.75) is 25.4 Å². The molecule has 1 N–H and O–H groups in total. The molecule has 1 nitrogen and oxygen atoms in total. The van der Waals surface area contributed by atoms with Crippen molar-refractivity contribution in [2.24, 2.45) is 0 Å². The van der Waals surface area contributed by atoms with Gasteiger partial charge in [-0.2, -0.15) is 11.8 Å². The number of nitrogens with one attached hydrogen (secondary N) is 1. The van der Waals surface area contributed by atoms with Crippen molar-refractivity contribution >= 4 is 34.7 Å². The predicted molar refractivity (Wildman–Crippen MR) is 66.6 cm³/mol. The zero-order valence-electron chi connectivity index (χ0n) is 8.13. The molecule has 0 aromatic carbocycles. The second kappa shape index (κ2) is 4.88. The molecule has 2 rings (SSSR count). The standard InChI is InChI=1S/C10H14ClNS2/c1-2-7-5-13-6-8(12-7)9-3-4-10(11)14-9/h3-4,7-8,12H,2,5-6H2,1H3. The highest BCUT2D eigenvalue weighted by atomic mass is 35.5. The van der Waals surface area contributed by atoms with Crippen molar-refractivity contribution in [1.29, 1.82) is 0 Å². The number of thioether (sulfide) groups is 1. The fraction of sp³-hybridized carbons (Fsp3) is 0.600. The van der Waals surface area contributed by atoms with Crippen LogP contribution in [0.25, 0.3) is 0 Å². The summed E-state index contributed by atoms with van der Waals surface area (Å²) in [5.41, 5.74) is 0. The third-order valence-electron chi connectivity index (χ3n) is 2.47. The maximum absolute atomic E-state index is 5.93. The highest BCUT2D eigenvalue weighted by Gasteiger charge is 2.22. The molecule has 4 heteroatoms. The van der Waals surface area contributed by atoms with Crippen LogP contribution in [0.4, 0.5) is 0 Å². The van der Waals surface area contributed by atoms with Crippen molar-refractivity contribution in [3.8, 4) is 0 Å². The lowest BCUT2D eigenvalue weighted by molar-refractivity contribution is 0.470. The summed E-state index contributed by atoms with van der Waals surface area (Å²) in [6.45, 7) is 2.24. The lowest BCUT2D eigenvalue weighted by atomic mass is 10.2. The average molecular weight is 248 g/mol. The molecule has 2 heterocycles. The molecule has 78 valence electrons. The summed E-state index contributed by atoms with van der Waals surface area (Å²) in [5.74, 6) is 2.42. The summed E-state index contributed by atoms with van der Waals surface area (Å²) in [6, 6.07) is 5.31. The van der Waals surface area contributed by atoms with Crippen LogP contribution in [0.5, 0.6) is 0 Å². The Bertz CT molecular complexity index is 300. The van der Waals surface area contributed by atoms with E-state index in [4.69, 9.17) is 11.6 Å². The van der Waals surface area contributed by atoms with E-state index in [0.717, 1.165) is 4.34 Å². The first-order valence-electron chi connectivity index (χ1n) is 4.88. The van der Waals surface area contributed by atoms with Gasteiger partial charge in [0.05, 0.1) is 10.4 Å². The number of halogens is 1. The van der Waals surface area contributed by atoms with Crippen molar-refractivity contribution in [1.82, 2.24) is 5.32 Å². The fourth-order valence-corrected chi connectivity index (χ4v) is 4.12. The summed E-state index contributed by atoms with van der Waals surface area (Å²) in [6.07, 6.45) is 1.21. The Balaban J connectivity index is 2.04. The summed E-state index contributed by atoms with van der Waals surface area (Å²) in [5, 5.41) is 3.66. The number of hydrogen-bond acceptors (Lipinski definition) is 3. The van der Waals surface area contributed by atoms with Crippen LogP contribution in [0.1, 0.15) is 24.3 Å². The van der Waals surface area contributed by atoms with E-state index in [0.29, 0.717) is 12.1 Å². The normalized spacial score (nSPS) is 27.9. The summed E-state index contributed by atoms with van der Waals surface area (Å²) in [7, 11) is 0. The molecule has 0 bridgehead atoms. The second-order valence-electron chi connectivity index (χ2n) is 3.50. The van der Waals surface area contributed by atoms with Gasteiger partial charge in [0.2, 0.25) is 0 Å². The van der Waals surface area contributed by atoms with E-state index in [1.165, 1.54) is 22.8 Å². The van der Waals surface area contributed by atoms with Gasteiger partial charge >= 0.3 is 0 Å². The lowest BCUT2D eigenvalue weighted by Gasteiger charge is -2.29. The van der Waals surface area contributed by atoms with Gasteiger partial charge in [0.1, 0.15) is 0 Å². The van der Waals surface area contributed by atoms with Crippen molar-refractivity contribution in [2.75, 3.05) is 11.5 Å². The minimum absolute atomic E-state index is 0.510. The zero-order valence-corrected chi connectivity index (χ0v) is 10.5. The molecule has 1 aromatic rings. The van der Waals surface area contributed by atoms with E-state index in [2.05, 4.69) is 18.3 Å². The first kappa shape index (κ1) is 10.8. The van der Waals surface area contributed by atoms with Crippen molar-refractivity contribution in [3.05, 3.63) is 21.3 Å². The summed E-state index contributed by atoms with van der Waals surface area (Å²) in [4.78, 5) is 1.38. The van der Waals surface area contributed by atoms with E-state index in [9.17, 15) is 0 Å². The Labute approximate surface area is 98.2 Å². The topological polar surface area (TPSA) is 12.0 Å². The molecule has 0 radical (unpaired) electrons. The Morgan fingerprint density at radius 2 is 2.36 bits per heavy atom. The molecule has 2 atom stereocenters. The van der Waals surface area contributed by atoms with Crippen LogP contribution in [-0.4, -0.2) is 17.5 Å². The molecule has 1 saturated heterocycles. The van der Waals surface area contributed by atoms with Gasteiger partial charge in [-0.05, 0) is 18.6 Å². The van der Waals surface area contributed by atoms with Crippen LogP contribution in [-0.2, 0) is 0 Å². The molecule has 0 saturated carbocycles. The third-order valence-corrected chi connectivity index (χ3v) is 5.02. The molecule has 0 spiro atoms. The predicted octanol–water partition coefficient (Wildman–Crippen LogP) is 3.56. The van der Waals surface area contributed by atoms with E-state index in [1.807, 2.05) is 17.8 Å². The number of thiophene rings is 1. The maximum Gasteiger partial charge on any atom is 0.0931 e. The Morgan fingerprint density at radius 1 is 1.50 bits per heavy atom. The van der Waals surface area contributed by atoms with Gasteiger partial charge in [0.15, 0.2) is 0 Å². The van der Waals surface area contributed by atoms with Gasteiger partial charge in [-0.1, -0.05) is 18.5 Å². The van der Waals surface area contributed by atoms with Gasteiger partial charge in [-0.25, -0.2) is 0 Å². The largest absolute Gasteiger partial charge is 0.305 e. The lowest BCUT2D eigenvalue weighted by Crippen LogP contribution is -2.39. The van der Waals surface area contributed by atoms with E-state index >= 15 is 0 Å². The molecule has 1 aliphatic rings. The Kier molecular flexibility index (Phi) is 3.77. The first-order valence-corrected chi connectivity index (χ1v) is 7.23. The number of rotatable bonds is 2. The monoisotopic (exact) mass is 247 g/mol. The van der Waals surface area contributed by atoms with Crippen LogP contribution < -0.4 is 5.32 Å². The maximum atomic E-state index is 5.93. The molecule has 2 unspecified atom stereocenters. The molecule has 0 amide bonds. The second-order valence-corrected chi connectivity index (χ2v) is 6.33. The molecular weight excluding hydrogens is 234 g/mol. The van der Waals surface area contributed by atoms with Gasteiger partial charge in [-0.15, -0.1) is 11.3 Å². The van der Waals surface area contributed by atoms with E-state index in [1.54, 1.807) is 11.3 Å². The first-order chi connectivity index (χ1) is 6.79. The fourth-order valence-electron chi connectivity index (χ4n) is 1.62. The molecule has 0 aliphatic carbocycles. The zero-order chi connectivity index (χ0) is 9.97. The minimum Gasteiger partial charge on any atom is -0.305 e. The highest BCUT2D eigenvalue weighted by Crippen LogP contribution is 2.31. The number of hydrogen-bond donors (Lipinski definition) is 1. The van der Waals surface area contributed by atoms with Crippen LogP contribution >= 0.6 is 34.7 Å². The summed E-state index contributed by atoms with van der Waals surface area (Å²) < 4.78 is 0.894. The Hall–Kier alpha value is 0.300. The molecule has 1 fully saturated rings. The highest BCUT2D eigenvalue weighted by molar-refractivity contribution is 7.99. The molecule has 14 heavy (non-hydrogen) atoms. The molecule has 1 aromatic heterocycles. The minimum atomic E-state index is 0.510. The van der Waals surface area contributed by atoms with E-state index < -0.39 is 0 Å². The summed E-state index contributed by atoms with van der Waals surface area (Å²) >= 11 is 9.67. The molecule has 1 aliphatic heterocycles. The van der Waals surface area contributed by atoms with Gasteiger partial charge in [0, 0.05) is 22.4 Å². The van der Waals surface area contributed by atoms with Crippen LogP contribution in [0.2, 0.25) is 4.34 Å².